The molecule has 3 heterocycles. The summed E-state index contributed by atoms with van der Waals surface area (Å²) < 4.78 is 0. The van der Waals surface area contributed by atoms with Gasteiger partial charge in [-0.25, -0.2) is 29.9 Å². The first kappa shape index (κ1) is 29.2. The topological polar surface area (TPSA) is 97.1 Å². The van der Waals surface area contributed by atoms with Gasteiger partial charge in [0.05, 0.1) is 33.6 Å². The fourth-order valence-electron chi connectivity index (χ4n) is 3.26. The van der Waals surface area contributed by atoms with Gasteiger partial charge in [-0.2, -0.15) is 0 Å². The molecule has 0 fully saturated rings. The summed E-state index contributed by atoms with van der Waals surface area (Å²) in [5.74, 6) is 1.45. The Kier molecular flexibility index (Phi) is 10.7. The molecule has 0 bridgehead atoms. The molecule has 0 aliphatic rings. The summed E-state index contributed by atoms with van der Waals surface area (Å²) in [6.07, 6.45) is 9.44. The predicted molar refractivity (Wildman–Crippen MR) is 158 cm³/mol. The van der Waals surface area contributed by atoms with Crippen LogP contribution in [0.4, 0.5) is 5.69 Å². The van der Waals surface area contributed by atoms with E-state index in [1.807, 2.05) is 32.7 Å². The number of nitrogens with zero attached hydrogens (tertiary/aromatic N) is 7. The zero-order chi connectivity index (χ0) is 27.7. The lowest BCUT2D eigenvalue weighted by molar-refractivity contribution is 0.102. The first-order valence-corrected chi connectivity index (χ1v) is 14.2. The number of carbonyl (C=O) groups is 1. The number of ketones is 1. The molecule has 8 nitrogen and oxygen atoms in total. The fraction of sp³-hybridized carbons (Fsp3) is 0.321. The normalized spacial score (nSPS) is 10.8. The molecular weight excluding hydrogens is 562 g/mol. The fourth-order valence-corrected chi connectivity index (χ4v) is 4.41. The third-order valence-corrected chi connectivity index (χ3v) is 7.10. The molecule has 0 amide bonds. The first-order chi connectivity index (χ1) is 18.2. The molecule has 3 aromatic heterocycles. The Morgan fingerprint density at radius 1 is 1.00 bits per heavy atom. The quantitative estimate of drug-likeness (QED) is 0.105. The van der Waals surface area contributed by atoms with Crippen molar-refractivity contribution in [3.63, 3.8) is 0 Å². The SMILES string of the molecule is CCN(C)C=Nc1cc(C)c(Cc2nc(-c3cnc(C)nc3)cs2)cc1C.Cc1ncc(C(=O)CBr)cn1. The minimum absolute atomic E-state index is 0.00463. The number of hydrogen-bond acceptors (Lipinski definition) is 8. The van der Waals surface area contributed by atoms with Gasteiger partial charge < -0.3 is 4.90 Å². The molecule has 0 aliphatic heterocycles. The van der Waals surface area contributed by atoms with Crippen LogP contribution in [0, 0.1) is 27.7 Å². The van der Waals surface area contributed by atoms with Gasteiger partial charge in [0.1, 0.15) is 11.6 Å². The summed E-state index contributed by atoms with van der Waals surface area (Å²) in [5.41, 5.74) is 7.17. The van der Waals surface area contributed by atoms with E-state index in [1.165, 1.54) is 29.1 Å². The van der Waals surface area contributed by atoms with Crippen LogP contribution in [0.2, 0.25) is 0 Å². The summed E-state index contributed by atoms with van der Waals surface area (Å²) in [6.45, 7) is 11.0. The van der Waals surface area contributed by atoms with Crippen LogP contribution in [-0.4, -0.2) is 60.9 Å². The highest BCUT2D eigenvalue weighted by atomic mass is 79.9. The monoisotopic (exact) mass is 593 g/mol. The second-order valence-corrected chi connectivity index (χ2v) is 10.3. The van der Waals surface area contributed by atoms with Crippen molar-refractivity contribution >= 4 is 45.1 Å². The summed E-state index contributed by atoms with van der Waals surface area (Å²) in [6, 6.07) is 4.39. The van der Waals surface area contributed by atoms with Crippen LogP contribution in [0.15, 0.2) is 47.3 Å². The zero-order valence-electron chi connectivity index (χ0n) is 22.6. The Hall–Kier alpha value is -3.37. The van der Waals surface area contributed by atoms with Crippen LogP contribution >= 0.6 is 27.3 Å². The molecule has 1 aromatic carbocycles. The predicted octanol–water partition coefficient (Wildman–Crippen LogP) is 6.09. The van der Waals surface area contributed by atoms with Gasteiger partial charge >= 0.3 is 0 Å². The van der Waals surface area contributed by atoms with Gasteiger partial charge in [0, 0.05) is 55.7 Å². The van der Waals surface area contributed by atoms with Gasteiger partial charge in [-0.05, 0) is 57.4 Å². The number of rotatable bonds is 8. The van der Waals surface area contributed by atoms with E-state index >= 15 is 0 Å². The van der Waals surface area contributed by atoms with Crippen molar-refractivity contribution in [3.05, 3.63) is 81.2 Å². The zero-order valence-corrected chi connectivity index (χ0v) is 25.0. The Morgan fingerprint density at radius 3 is 2.24 bits per heavy atom. The number of benzene rings is 1. The van der Waals surface area contributed by atoms with Gasteiger partial charge in [-0.3, -0.25) is 4.79 Å². The molecule has 0 saturated heterocycles. The second-order valence-electron chi connectivity index (χ2n) is 8.78. The van der Waals surface area contributed by atoms with Gasteiger partial charge in [0.2, 0.25) is 0 Å². The maximum atomic E-state index is 11.0. The van der Waals surface area contributed by atoms with Gasteiger partial charge in [-0.1, -0.05) is 22.0 Å². The molecule has 0 radical (unpaired) electrons. The highest BCUT2D eigenvalue weighted by Crippen LogP contribution is 2.27. The molecule has 4 rings (SSSR count). The molecule has 0 unspecified atom stereocenters. The largest absolute Gasteiger partial charge is 0.366 e. The molecule has 198 valence electrons. The average molecular weight is 595 g/mol. The lowest BCUT2D eigenvalue weighted by atomic mass is 10.0. The Morgan fingerprint density at radius 2 is 1.63 bits per heavy atom. The molecular formula is C28H32BrN7OS. The maximum Gasteiger partial charge on any atom is 0.176 e. The molecule has 38 heavy (non-hydrogen) atoms. The van der Waals surface area contributed by atoms with E-state index in [2.05, 4.69) is 84.0 Å². The lowest BCUT2D eigenvalue weighted by Crippen LogP contribution is -2.14. The minimum Gasteiger partial charge on any atom is -0.366 e. The number of aryl methyl sites for hydroxylation is 4. The van der Waals surface area contributed by atoms with E-state index in [-0.39, 0.29) is 5.78 Å². The molecule has 4 aromatic rings. The van der Waals surface area contributed by atoms with E-state index in [0.29, 0.717) is 16.7 Å². The number of aliphatic imine (C=N–C) groups is 1. The van der Waals surface area contributed by atoms with Crippen LogP contribution < -0.4 is 0 Å². The van der Waals surface area contributed by atoms with E-state index in [4.69, 9.17) is 4.98 Å². The van der Waals surface area contributed by atoms with Gasteiger partial charge in [-0.15, -0.1) is 11.3 Å². The Labute approximate surface area is 236 Å². The van der Waals surface area contributed by atoms with Crippen LogP contribution in [-0.2, 0) is 6.42 Å². The highest BCUT2D eigenvalue weighted by Gasteiger charge is 2.10. The van der Waals surface area contributed by atoms with Crippen molar-refractivity contribution in [2.75, 3.05) is 18.9 Å². The third kappa shape index (κ3) is 8.32. The minimum atomic E-state index is 0.00463. The van der Waals surface area contributed by atoms with E-state index in [1.54, 1.807) is 18.3 Å². The number of alkyl halides is 1. The van der Waals surface area contributed by atoms with Crippen molar-refractivity contribution in [2.45, 2.75) is 41.0 Å². The highest BCUT2D eigenvalue weighted by molar-refractivity contribution is 9.09. The molecule has 0 atom stereocenters. The number of thiazole rings is 1. The first-order valence-electron chi connectivity index (χ1n) is 12.2. The Bertz CT molecular complexity index is 1390. The molecule has 10 heteroatoms. The summed E-state index contributed by atoms with van der Waals surface area (Å²) in [5, 5.41) is 3.49. The number of aromatic nitrogens is 5. The van der Waals surface area contributed by atoms with Crippen LogP contribution in [0.5, 0.6) is 0 Å². The summed E-state index contributed by atoms with van der Waals surface area (Å²) in [7, 11) is 2.03. The average Bonchev–Trinajstić information content (AvgIpc) is 3.38. The van der Waals surface area contributed by atoms with Crippen LogP contribution in [0.25, 0.3) is 11.3 Å². The van der Waals surface area contributed by atoms with Crippen molar-refractivity contribution in [1.82, 2.24) is 29.8 Å². The van der Waals surface area contributed by atoms with Crippen molar-refractivity contribution in [3.8, 4) is 11.3 Å². The molecule has 0 N–H and O–H groups in total. The lowest BCUT2D eigenvalue weighted by Gasteiger charge is -2.11. The third-order valence-electron chi connectivity index (χ3n) is 5.74. The molecule has 0 saturated carbocycles. The molecule has 0 spiro atoms. The summed E-state index contributed by atoms with van der Waals surface area (Å²) in [4.78, 5) is 38.7. The number of hydrogen-bond donors (Lipinski definition) is 0. The van der Waals surface area contributed by atoms with Crippen LogP contribution in [0.1, 0.15) is 50.6 Å². The van der Waals surface area contributed by atoms with E-state index < -0.39 is 0 Å². The van der Waals surface area contributed by atoms with Gasteiger partial charge in [0.25, 0.3) is 0 Å². The number of Topliss-reactive ketones (excluding diaryl/α,β-unsaturated/α-hetero) is 1. The summed E-state index contributed by atoms with van der Waals surface area (Å²) >= 11 is 4.74. The Balaban J connectivity index is 0.000000304. The van der Waals surface area contributed by atoms with Crippen LogP contribution in [0.3, 0.4) is 0 Å². The van der Waals surface area contributed by atoms with Gasteiger partial charge in [0.15, 0.2) is 5.78 Å². The second kappa shape index (κ2) is 14.0. The van der Waals surface area contributed by atoms with E-state index in [9.17, 15) is 4.79 Å². The van der Waals surface area contributed by atoms with E-state index in [0.717, 1.165) is 40.7 Å². The molecule has 0 aliphatic carbocycles. The number of carbonyl (C=O) groups excluding carboxylic acids is 1. The van der Waals surface area contributed by atoms with Crippen molar-refractivity contribution in [2.24, 2.45) is 4.99 Å². The standard InChI is InChI=1S/C21H25N5S.C7H7BrN2O/c1-6-26(5)13-24-19-8-14(2)17(7-15(19)3)9-21-25-20(12-27-21)18-10-22-16(4)23-11-18;1-5-9-3-6(4-10-5)7(11)2-8/h7-8,10-13H,6,9H2,1-5H3;3-4H,2H2,1H3. The maximum absolute atomic E-state index is 11.0. The smallest absolute Gasteiger partial charge is 0.176 e. The number of halogens is 1. The van der Waals surface area contributed by atoms with Crippen molar-refractivity contribution < 1.29 is 4.79 Å². The van der Waals surface area contributed by atoms with Crippen molar-refractivity contribution in [1.29, 1.82) is 0 Å².